The number of imidazole rings is 1. The Morgan fingerprint density at radius 2 is 1.89 bits per heavy atom. The minimum atomic E-state index is -4.56. The Hall–Kier alpha value is -4.59. The first-order valence-corrected chi connectivity index (χ1v) is 15.6. The zero-order valence-corrected chi connectivity index (χ0v) is 26.2. The Labute approximate surface area is 269 Å². The molecule has 0 unspecified atom stereocenters. The fourth-order valence-corrected chi connectivity index (χ4v) is 6.50. The number of amides is 1. The number of carbonyl (C=O) groups excluding carboxylic acids is 1. The van der Waals surface area contributed by atoms with Crippen molar-refractivity contribution < 1.29 is 32.6 Å². The first-order valence-electron chi connectivity index (χ1n) is 15.6. The lowest BCUT2D eigenvalue weighted by Crippen LogP contribution is -2.37. The third-order valence-electron chi connectivity index (χ3n) is 8.94. The smallest absolute Gasteiger partial charge is 0.418 e. The third kappa shape index (κ3) is 7.22. The number of aromatic nitrogens is 5. The molecule has 0 radical (unpaired) electrons. The van der Waals surface area contributed by atoms with Gasteiger partial charge in [-0.2, -0.15) is 18.2 Å². The summed E-state index contributed by atoms with van der Waals surface area (Å²) in [7, 11) is 3.60. The number of aliphatic carboxylic acids is 1. The highest BCUT2D eigenvalue weighted by atomic mass is 19.4. The second kappa shape index (κ2) is 12.9. The summed E-state index contributed by atoms with van der Waals surface area (Å²) in [6.45, 7) is 1.21. The van der Waals surface area contributed by atoms with E-state index >= 15 is 0 Å². The zero-order chi connectivity index (χ0) is 33.3. The van der Waals surface area contributed by atoms with Gasteiger partial charge in [0.25, 0.3) is 5.91 Å². The number of hydrogen-bond donors (Lipinski definition) is 3. The maximum atomic E-state index is 14.1. The fraction of sp³-hybridized carbons (Fsp3) is 0.455. The van der Waals surface area contributed by atoms with Gasteiger partial charge in [0.2, 0.25) is 5.95 Å². The lowest BCUT2D eigenvalue weighted by atomic mass is 9.86. The molecule has 1 amide bonds. The predicted octanol–water partition coefficient (Wildman–Crippen LogP) is 6.22. The van der Waals surface area contributed by atoms with Crippen LogP contribution in [0.3, 0.4) is 0 Å². The summed E-state index contributed by atoms with van der Waals surface area (Å²) in [6.07, 6.45) is 4.07. The number of nitrogens with one attached hydrogen (secondary N) is 2. The number of nitrogens with zero attached hydrogens (tertiary/aromatic N) is 5. The van der Waals surface area contributed by atoms with Crippen LogP contribution in [0.2, 0.25) is 0 Å². The summed E-state index contributed by atoms with van der Waals surface area (Å²) in [5, 5.41) is 11.6. The number of rotatable bonds is 12. The van der Waals surface area contributed by atoms with Crippen molar-refractivity contribution in [1.29, 1.82) is 0 Å². The number of aromatic amines is 1. The van der Waals surface area contributed by atoms with Crippen molar-refractivity contribution in [2.75, 3.05) is 37.5 Å². The molecule has 2 aliphatic rings. The van der Waals surface area contributed by atoms with E-state index in [2.05, 4.69) is 30.2 Å². The van der Waals surface area contributed by atoms with Gasteiger partial charge in [0.15, 0.2) is 5.65 Å². The van der Waals surface area contributed by atoms with Gasteiger partial charge in [-0.25, -0.2) is 4.98 Å². The molecule has 47 heavy (non-hydrogen) atoms. The normalized spacial score (nSPS) is 16.0. The van der Waals surface area contributed by atoms with Gasteiger partial charge in [-0.05, 0) is 55.9 Å². The summed E-state index contributed by atoms with van der Waals surface area (Å²) in [6, 6.07) is 5.98. The molecule has 4 heterocycles. The molecule has 0 aliphatic heterocycles. The highest BCUT2D eigenvalue weighted by Crippen LogP contribution is 2.46. The van der Waals surface area contributed by atoms with Crippen molar-refractivity contribution in [1.82, 2.24) is 24.9 Å². The van der Waals surface area contributed by atoms with Crippen LogP contribution in [0.4, 0.5) is 24.8 Å². The number of pyridine rings is 3. The van der Waals surface area contributed by atoms with Crippen molar-refractivity contribution in [3.05, 3.63) is 59.2 Å². The average molecular weight is 652 g/mol. The van der Waals surface area contributed by atoms with E-state index in [1.165, 1.54) is 18.5 Å². The molecule has 248 valence electrons. The van der Waals surface area contributed by atoms with Crippen LogP contribution in [0, 0.1) is 5.41 Å². The summed E-state index contributed by atoms with van der Waals surface area (Å²) in [5.74, 6) is -1.58. The van der Waals surface area contributed by atoms with Crippen LogP contribution in [-0.2, 0) is 22.1 Å². The lowest BCUT2D eigenvalue weighted by molar-refractivity contribution is -0.138. The van der Waals surface area contributed by atoms with Crippen LogP contribution in [-0.4, -0.2) is 69.2 Å². The number of fused-ring (bicyclic) bond motifs is 1. The number of alkyl halides is 3. The molecule has 0 atom stereocenters. The van der Waals surface area contributed by atoms with Crippen LogP contribution < -0.4 is 10.2 Å². The molecular formula is C33H36F3N7O4. The molecule has 4 aromatic rings. The molecule has 0 spiro atoms. The molecule has 2 fully saturated rings. The van der Waals surface area contributed by atoms with Gasteiger partial charge in [0.1, 0.15) is 11.2 Å². The van der Waals surface area contributed by atoms with Gasteiger partial charge < -0.3 is 19.7 Å². The number of carboxylic acids is 1. The van der Waals surface area contributed by atoms with Crippen molar-refractivity contribution in [3.8, 4) is 11.3 Å². The van der Waals surface area contributed by atoms with Crippen LogP contribution in [0.15, 0.2) is 36.7 Å². The number of methoxy groups -OCH3 is 1. The molecule has 2 saturated carbocycles. The molecule has 0 bridgehead atoms. The van der Waals surface area contributed by atoms with Crippen LogP contribution in [0.25, 0.3) is 22.4 Å². The van der Waals surface area contributed by atoms with Gasteiger partial charge >= 0.3 is 12.1 Å². The Bertz CT molecular complexity index is 1780. The number of halogens is 3. The number of aryl methyl sites for hydroxylation is 1. The largest absolute Gasteiger partial charge is 0.481 e. The van der Waals surface area contributed by atoms with E-state index in [1.54, 1.807) is 19.2 Å². The van der Waals surface area contributed by atoms with E-state index in [0.29, 0.717) is 42.8 Å². The maximum Gasteiger partial charge on any atom is 0.418 e. The Balaban J connectivity index is 1.36. The van der Waals surface area contributed by atoms with Gasteiger partial charge in [-0.15, -0.1) is 0 Å². The molecular weight excluding hydrogens is 615 g/mol. The monoisotopic (exact) mass is 651 g/mol. The standard InChI is InChI=1S/C33H36F3N7O4/c1-43(17-32(18-47-2)11-3-4-12-32)25-14-24(21-13-22(33(34,35)36)27(38-16-21)20-7-8-20)39-29-28(25)40-31(41-29)42-30(46)23-9-5-19(15-37-23)6-10-26(44)45/h5,9,13-16,20H,3-4,6-8,10-12,17-18H2,1-2H3,(H,44,45)(H2,39,40,41,42,46). The summed E-state index contributed by atoms with van der Waals surface area (Å²) in [5.41, 5.74) is 1.86. The fourth-order valence-electron chi connectivity index (χ4n) is 6.50. The molecule has 3 N–H and O–H groups in total. The summed E-state index contributed by atoms with van der Waals surface area (Å²) < 4.78 is 48.0. The minimum absolute atomic E-state index is 0.0528. The van der Waals surface area contributed by atoms with Crippen molar-refractivity contribution >= 4 is 34.7 Å². The van der Waals surface area contributed by atoms with E-state index < -0.39 is 23.6 Å². The molecule has 14 heteroatoms. The quantitative estimate of drug-likeness (QED) is 0.162. The molecule has 6 rings (SSSR count). The average Bonchev–Trinajstić information content (AvgIpc) is 3.65. The number of carboxylic acid groups (broad SMARTS) is 1. The number of hydrogen-bond acceptors (Lipinski definition) is 8. The Kier molecular flexibility index (Phi) is 8.88. The van der Waals surface area contributed by atoms with Gasteiger partial charge in [0.05, 0.1) is 29.2 Å². The topological polar surface area (TPSA) is 146 Å². The van der Waals surface area contributed by atoms with E-state index in [4.69, 9.17) is 9.84 Å². The van der Waals surface area contributed by atoms with Gasteiger partial charge in [-0.3, -0.25) is 24.9 Å². The third-order valence-corrected chi connectivity index (χ3v) is 8.94. The van der Waals surface area contributed by atoms with E-state index in [0.717, 1.165) is 31.7 Å². The number of anilines is 2. The molecule has 2 aliphatic carbocycles. The lowest BCUT2D eigenvalue weighted by Gasteiger charge is -2.34. The van der Waals surface area contributed by atoms with Crippen molar-refractivity contribution in [2.45, 2.75) is 63.5 Å². The number of carbonyl (C=O) groups is 2. The first-order chi connectivity index (χ1) is 22.4. The maximum absolute atomic E-state index is 14.1. The SMILES string of the molecule is COCC1(CN(C)c2cc(-c3cnc(C4CC4)c(C(F)(F)F)c3)nc3nc(NC(=O)c4ccc(CCC(=O)O)cn4)[nH]c23)CCCC1. The van der Waals surface area contributed by atoms with Crippen molar-refractivity contribution in [3.63, 3.8) is 0 Å². The second-order valence-electron chi connectivity index (χ2n) is 12.6. The molecule has 0 saturated heterocycles. The van der Waals surface area contributed by atoms with Crippen LogP contribution >= 0.6 is 0 Å². The number of ether oxygens (including phenoxy) is 1. The molecule has 4 aromatic heterocycles. The predicted molar refractivity (Wildman–Crippen MR) is 168 cm³/mol. The van der Waals surface area contributed by atoms with Gasteiger partial charge in [-0.1, -0.05) is 18.9 Å². The molecule has 11 nitrogen and oxygen atoms in total. The summed E-state index contributed by atoms with van der Waals surface area (Å²) in [4.78, 5) is 46.6. The molecule has 0 aromatic carbocycles. The highest BCUT2D eigenvalue weighted by Gasteiger charge is 2.40. The van der Waals surface area contributed by atoms with E-state index in [-0.39, 0.29) is 58.4 Å². The highest BCUT2D eigenvalue weighted by molar-refractivity contribution is 6.03. The Morgan fingerprint density at radius 3 is 2.53 bits per heavy atom. The number of H-pyrrole nitrogens is 1. The van der Waals surface area contributed by atoms with E-state index in [9.17, 15) is 22.8 Å². The first kappa shape index (κ1) is 32.4. The Morgan fingerprint density at radius 1 is 1.13 bits per heavy atom. The summed E-state index contributed by atoms with van der Waals surface area (Å²) >= 11 is 0. The van der Waals surface area contributed by atoms with E-state index in [1.807, 2.05) is 11.9 Å². The zero-order valence-electron chi connectivity index (χ0n) is 26.2. The van der Waals surface area contributed by atoms with Crippen LogP contribution in [0.5, 0.6) is 0 Å². The van der Waals surface area contributed by atoms with Gasteiger partial charge in [0, 0.05) is 56.4 Å². The van der Waals surface area contributed by atoms with Crippen molar-refractivity contribution in [2.24, 2.45) is 5.41 Å². The van der Waals surface area contributed by atoms with Crippen LogP contribution in [0.1, 0.15) is 78.2 Å². The minimum Gasteiger partial charge on any atom is -0.481 e. The second-order valence-corrected chi connectivity index (χ2v) is 12.6.